The number of nitrogens with zero attached hydrogens (tertiary/aromatic N) is 2. The molecule has 0 saturated heterocycles. The van der Waals surface area contributed by atoms with Gasteiger partial charge in [0.1, 0.15) is 11.6 Å². The molecule has 0 unspecified atom stereocenters. The first kappa shape index (κ1) is 11.3. The lowest BCUT2D eigenvalue weighted by atomic mass is 10.1. The average molecular weight is 243 g/mol. The highest BCUT2D eigenvalue weighted by Crippen LogP contribution is 2.45. The first-order chi connectivity index (χ1) is 8.75. The molecule has 0 radical (unpaired) electrons. The van der Waals surface area contributed by atoms with E-state index in [1.54, 1.807) is 30.5 Å². The van der Waals surface area contributed by atoms with Gasteiger partial charge in [-0.1, -0.05) is 12.1 Å². The van der Waals surface area contributed by atoms with E-state index < -0.39 is 0 Å². The lowest BCUT2D eigenvalue weighted by Crippen LogP contribution is -2.22. The van der Waals surface area contributed by atoms with Gasteiger partial charge in [-0.15, -0.1) is 0 Å². The molecule has 1 aromatic carbocycles. The summed E-state index contributed by atoms with van der Waals surface area (Å²) in [6.45, 7) is 0.549. The van der Waals surface area contributed by atoms with Gasteiger partial charge in [0.15, 0.2) is 0 Å². The van der Waals surface area contributed by atoms with Crippen LogP contribution in [0.1, 0.15) is 18.7 Å². The van der Waals surface area contributed by atoms with Gasteiger partial charge in [0.05, 0.1) is 5.69 Å². The molecule has 0 amide bonds. The predicted molar refractivity (Wildman–Crippen MR) is 67.4 cm³/mol. The Morgan fingerprint density at radius 3 is 2.67 bits per heavy atom. The smallest absolute Gasteiger partial charge is 0.136 e. The molecule has 1 fully saturated rings. The molecule has 2 N–H and O–H groups in total. The molecule has 3 rings (SSSR count). The van der Waals surface area contributed by atoms with E-state index in [0.29, 0.717) is 17.8 Å². The van der Waals surface area contributed by atoms with Crippen LogP contribution < -0.4 is 5.73 Å². The minimum Gasteiger partial charge on any atom is -0.329 e. The Morgan fingerprint density at radius 2 is 2.00 bits per heavy atom. The predicted octanol–water partition coefficient (Wildman–Crippen LogP) is 2.27. The monoisotopic (exact) mass is 243 g/mol. The van der Waals surface area contributed by atoms with Gasteiger partial charge in [-0.05, 0) is 31.0 Å². The maximum Gasteiger partial charge on any atom is 0.136 e. The Labute approximate surface area is 105 Å². The third-order valence-corrected chi connectivity index (χ3v) is 3.52. The normalized spacial score (nSPS) is 16.6. The first-order valence-electron chi connectivity index (χ1n) is 6.04. The summed E-state index contributed by atoms with van der Waals surface area (Å²) >= 11 is 0. The number of benzene rings is 1. The van der Waals surface area contributed by atoms with Gasteiger partial charge in [-0.25, -0.2) is 14.4 Å². The van der Waals surface area contributed by atoms with E-state index in [0.717, 1.165) is 18.7 Å². The van der Waals surface area contributed by atoms with Gasteiger partial charge < -0.3 is 5.73 Å². The fraction of sp³-hybridized carbons (Fsp3) is 0.286. The van der Waals surface area contributed by atoms with E-state index >= 15 is 0 Å². The number of aromatic nitrogens is 2. The zero-order chi connectivity index (χ0) is 12.6. The maximum atomic E-state index is 13.7. The summed E-state index contributed by atoms with van der Waals surface area (Å²) < 4.78 is 13.7. The van der Waals surface area contributed by atoms with Crippen LogP contribution in [0.4, 0.5) is 4.39 Å². The molecule has 1 saturated carbocycles. The Balaban J connectivity index is 2.04. The van der Waals surface area contributed by atoms with Gasteiger partial charge >= 0.3 is 0 Å². The largest absolute Gasteiger partial charge is 0.329 e. The maximum absolute atomic E-state index is 13.7. The standard InChI is InChI=1S/C14H14FN3/c15-11-4-2-1-3-10(11)12-5-8-17-13(18-12)14(9-16)6-7-14/h1-5,8H,6-7,9,16H2. The fourth-order valence-electron chi connectivity index (χ4n) is 2.10. The number of halogens is 1. The zero-order valence-corrected chi connectivity index (χ0v) is 9.94. The van der Waals surface area contributed by atoms with Crippen LogP contribution in [0.25, 0.3) is 11.3 Å². The molecule has 1 heterocycles. The number of rotatable bonds is 3. The molecule has 1 aromatic heterocycles. The van der Waals surface area contributed by atoms with Gasteiger partial charge in [-0.2, -0.15) is 0 Å². The van der Waals surface area contributed by atoms with Crippen molar-refractivity contribution in [2.45, 2.75) is 18.3 Å². The fourth-order valence-corrected chi connectivity index (χ4v) is 2.10. The van der Waals surface area contributed by atoms with Crippen molar-refractivity contribution in [3.05, 3.63) is 48.2 Å². The van der Waals surface area contributed by atoms with Gasteiger partial charge in [0.2, 0.25) is 0 Å². The summed E-state index contributed by atoms with van der Waals surface area (Å²) in [5.41, 5.74) is 6.83. The van der Waals surface area contributed by atoms with E-state index in [9.17, 15) is 4.39 Å². The van der Waals surface area contributed by atoms with Crippen LogP contribution in [0.3, 0.4) is 0 Å². The summed E-state index contributed by atoms with van der Waals surface area (Å²) in [5, 5.41) is 0. The Bertz CT molecular complexity index is 579. The number of nitrogens with two attached hydrogens (primary N) is 1. The molecule has 4 heteroatoms. The molecule has 2 aromatic rings. The zero-order valence-electron chi connectivity index (χ0n) is 9.94. The molecular weight excluding hydrogens is 229 g/mol. The highest BCUT2D eigenvalue weighted by Gasteiger charge is 2.45. The summed E-state index contributed by atoms with van der Waals surface area (Å²) in [4.78, 5) is 8.76. The van der Waals surface area contributed by atoms with Gasteiger partial charge in [0.25, 0.3) is 0 Å². The van der Waals surface area contributed by atoms with Crippen molar-refractivity contribution < 1.29 is 4.39 Å². The van der Waals surface area contributed by atoms with E-state index in [1.807, 2.05) is 0 Å². The minimum absolute atomic E-state index is 0.0682. The SMILES string of the molecule is NCC1(c2nccc(-c3ccccc3F)n2)CC1. The van der Waals surface area contributed by atoms with E-state index in [4.69, 9.17) is 5.73 Å². The van der Waals surface area contributed by atoms with Crippen LogP contribution in [-0.4, -0.2) is 16.5 Å². The Morgan fingerprint density at radius 1 is 1.22 bits per heavy atom. The summed E-state index contributed by atoms with van der Waals surface area (Å²) in [6.07, 6.45) is 3.72. The van der Waals surface area contributed by atoms with Crippen molar-refractivity contribution in [3.63, 3.8) is 0 Å². The molecule has 92 valence electrons. The lowest BCUT2D eigenvalue weighted by Gasteiger charge is -2.11. The van der Waals surface area contributed by atoms with Crippen molar-refractivity contribution in [1.82, 2.24) is 9.97 Å². The Kier molecular flexibility index (Phi) is 2.59. The molecular formula is C14H14FN3. The van der Waals surface area contributed by atoms with E-state index in [1.165, 1.54) is 6.07 Å². The van der Waals surface area contributed by atoms with Gasteiger partial charge in [0, 0.05) is 23.7 Å². The molecule has 3 nitrogen and oxygen atoms in total. The third-order valence-electron chi connectivity index (χ3n) is 3.52. The first-order valence-corrected chi connectivity index (χ1v) is 6.04. The lowest BCUT2D eigenvalue weighted by molar-refractivity contribution is 0.627. The Hall–Kier alpha value is -1.81. The quantitative estimate of drug-likeness (QED) is 0.899. The van der Waals surface area contributed by atoms with Crippen LogP contribution in [0, 0.1) is 5.82 Å². The van der Waals surface area contributed by atoms with Crippen molar-refractivity contribution in [3.8, 4) is 11.3 Å². The van der Waals surface area contributed by atoms with Crippen LogP contribution >= 0.6 is 0 Å². The van der Waals surface area contributed by atoms with Crippen molar-refractivity contribution in [2.24, 2.45) is 5.73 Å². The topological polar surface area (TPSA) is 51.8 Å². The van der Waals surface area contributed by atoms with Crippen LogP contribution in [0.15, 0.2) is 36.5 Å². The van der Waals surface area contributed by atoms with Crippen molar-refractivity contribution >= 4 is 0 Å². The van der Waals surface area contributed by atoms with Crippen molar-refractivity contribution in [2.75, 3.05) is 6.54 Å². The summed E-state index contributed by atoms with van der Waals surface area (Å²) in [6, 6.07) is 8.37. The second kappa shape index (κ2) is 4.14. The van der Waals surface area contributed by atoms with Crippen LogP contribution in [0.5, 0.6) is 0 Å². The average Bonchev–Trinajstić information content (AvgIpc) is 3.20. The number of hydrogen-bond acceptors (Lipinski definition) is 3. The molecule has 1 aliphatic rings. The van der Waals surface area contributed by atoms with E-state index in [2.05, 4.69) is 9.97 Å². The summed E-state index contributed by atoms with van der Waals surface area (Å²) in [7, 11) is 0. The molecule has 0 aliphatic heterocycles. The van der Waals surface area contributed by atoms with Crippen molar-refractivity contribution in [1.29, 1.82) is 0 Å². The number of hydrogen-bond donors (Lipinski definition) is 1. The molecule has 0 spiro atoms. The van der Waals surface area contributed by atoms with Gasteiger partial charge in [-0.3, -0.25) is 0 Å². The second-order valence-corrected chi connectivity index (χ2v) is 4.73. The second-order valence-electron chi connectivity index (χ2n) is 4.73. The van der Waals surface area contributed by atoms with Crippen LogP contribution in [0.2, 0.25) is 0 Å². The third kappa shape index (κ3) is 1.78. The van der Waals surface area contributed by atoms with Crippen LogP contribution in [-0.2, 0) is 5.41 Å². The molecule has 1 aliphatic carbocycles. The highest BCUT2D eigenvalue weighted by atomic mass is 19.1. The molecule has 0 bridgehead atoms. The van der Waals surface area contributed by atoms with E-state index in [-0.39, 0.29) is 11.2 Å². The molecule has 18 heavy (non-hydrogen) atoms. The molecule has 0 atom stereocenters. The summed E-state index contributed by atoms with van der Waals surface area (Å²) in [5.74, 6) is 0.477. The minimum atomic E-state index is -0.264. The highest BCUT2D eigenvalue weighted by molar-refractivity contribution is 5.59.